The molecule has 0 fully saturated rings. The van der Waals surface area contributed by atoms with Crippen molar-refractivity contribution in [3.63, 3.8) is 0 Å². The van der Waals surface area contributed by atoms with Gasteiger partial charge in [-0.25, -0.2) is 0 Å². The largest absolute Gasteiger partial charge is 0.507 e. The predicted molar refractivity (Wildman–Crippen MR) is 84.6 cm³/mol. The van der Waals surface area contributed by atoms with Gasteiger partial charge in [0.2, 0.25) is 11.6 Å². The van der Waals surface area contributed by atoms with Gasteiger partial charge in [-0.15, -0.1) is 0 Å². The topological polar surface area (TPSA) is 72.8 Å². The van der Waals surface area contributed by atoms with Gasteiger partial charge in [-0.1, -0.05) is 6.07 Å². The average molecular weight is 314 g/mol. The van der Waals surface area contributed by atoms with Crippen molar-refractivity contribution in [1.82, 2.24) is 0 Å². The molecule has 0 aliphatic heterocycles. The zero-order chi connectivity index (χ0) is 16.6. The molecule has 0 aromatic heterocycles. The van der Waals surface area contributed by atoms with Gasteiger partial charge in [0.05, 0.1) is 19.8 Å². The molecule has 0 heterocycles. The van der Waals surface area contributed by atoms with Crippen LogP contribution in [0.5, 0.6) is 11.5 Å². The molecule has 0 atom stereocenters. The molecule has 2 aliphatic rings. The van der Waals surface area contributed by atoms with Crippen molar-refractivity contribution in [2.45, 2.75) is 25.7 Å². The lowest BCUT2D eigenvalue weighted by Gasteiger charge is -2.25. The Hall–Kier alpha value is -2.56. The van der Waals surface area contributed by atoms with E-state index in [4.69, 9.17) is 9.47 Å². The van der Waals surface area contributed by atoms with Crippen molar-refractivity contribution < 1.29 is 24.2 Å². The number of methoxy groups -OCH3 is 2. The number of allylic oxidation sites excluding steroid dienone is 3. The van der Waals surface area contributed by atoms with Gasteiger partial charge in [-0.2, -0.15) is 0 Å². The highest BCUT2D eigenvalue weighted by Crippen LogP contribution is 2.39. The van der Waals surface area contributed by atoms with Gasteiger partial charge in [-0.05, 0) is 43.4 Å². The number of hydrogen-bond acceptors (Lipinski definition) is 5. The number of aliphatic hydroxyl groups is 1. The van der Waals surface area contributed by atoms with Crippen molar-refractivity contribution in [3.8, 4) is 11.5 Å². The highest BCUT2D eigenvalue weighted by atomic mass is 16.5. The first-order valence-corrected chi connectivity index (χ1v) is 7.55. The van der Waals surface area contributed by atoms with Crippen molar-refractivity contribution >= 4 is 17.1 Å². The van der Waals surface area contributed by atoms with Gasteiger partial charge in [0.25, 0.3) is 0 Å². The van der Waals surface area contributed by atoms with Crippen LogP contribution >= 0.6 is 0 Å². The van der Waals surface area contributed by atoms with Crippen LogP contribution in [-0.4, -0.2) is 30.9 Å². The minimum Gasteiger partial charge on any atom is -0.507 e. The van der Waals surface area contributed by atoms with Crippen molar-refractivity contribution in [2.24, 2.45) is 0 Å². The van der Waals surface area contributed by atoms with Crippen LogP contribution in [0.4, 0.5) is 0 Å². The molecule has 3 rings (SSSR count). The number of aliphatic hydroxyl groups excluding tert-OH is 1. The van der Waals surface area contributed by atoms with Gasteiger partial charge in [-0.3, -0.25) is 9.59 Å². The van der Waals surface area contributed by atoms with E-state index in [-0.39, 0.29) is 11.3 Å². The molecule has 2 aliphatic carbocycles. The van der Waals surface area contributed by atoms with Crippen LogP contribution in [0.25, 0.3) is 5.57 Å². The van der Waals surface area contributed by atoms with Crippen LogP contribution in [0.1, 0.15) is 31.2 Å². The quantitative estimate of drug-likeness (QED) is 0.686. The van der Waals surface area contributed by atoms with E-state index in [9.17, 15) is 14.7 Å². The molecule has 0 amide bonds. The fourth-order valence-electron chi connectivity index (χ4n) is 3.19. The number of ether oxygens (including phenoxy) is 2. The van der Waals surface area contributed by atoms with E-state index in [0.717, 1.165) is 12.8 Å². The van der Waals surface area contributed by atoms with Gasteiger partial charge in [0.1, 0.15) is 5.76 Å². The summed E-state index contributed by atoms with van der Waals surface area (Å²) >= 11 is 0. The lowest BCUT2D eigenvalue weighted by Crippen LogP contribution is -2.27. The molecule has 0 spiro atoms. The Kier molecular flexibility index (Phi) is 3.94. The molecular formula is C18H18O5. The van der Waals surface area contributed by atoms with E-state index in [1.165, 1.54) is 14.2 Å². The fraction of sp³-hybridized carbons (Fsp3) is 0.333. The van der Waals surface area contributed by atoms with Crippen LogP contribution in [0, 0.1) is 0 Å². The zero-order valence-corrected chi connectivity index (χ0v) is 13.1. The summed E-state index contributed by atoms with van der Waals surface area (Å²) in [5, 5.41) is 10.6. The van der Waals surface area contributed by atoms with Crippen LogP contribution in [0.2, 0.25) is 0 Å². The highest BCUT2D eigenvalue weighted by Gasteiger charge is 2.36. The first-order chi connectivity index (χ1) is 11.1. The summed E-state index contributed by atoms with van der Waals surface area (Å²) in [6, 6.07) is 4.90. The number of ketones is 2. The fourth-order valence-corrected chi connectivity index (χ4v) is 3.19. The zero-order valence-electron chi connectivity index (χ0n) is 13.1. The van der Waals surface area contributed by atoms with Crippen molar-refractivity contribution in [3.05, 3.63) is 40.7 Å². The Labute approximate surface area is 134 Å². The van der Waals surface area contributed by atoms with E-state index in [1.54, 1.807) is 18.2 Å². The first kappa shape index (κ1) is 15.3. The number of Topliss-reactive ketones (excluding diaryl/α,β-unsaturated/α-hetero) is 2. The molecule has 23 heavy (non-hydrogen) atoms. The van der Waals surface area contributed by atoms with E-state index in [0.29, 0.717) is 41.1 Å². The van der Waals surface area contributed by atoms with Crippen LogP contribution in [0.3, 0.4) is 0 Å². The summed E-state index contributed by atoms with van der Waals surface area (Å²) in [5.74, 6) is -0.272. The van der Waals surface area contributed by atoms with Gasteiger partial charge in [0.15, 0.2) is 11.5 Å². The van der Waals surface area contributed by atoms with Crippen LogP contribution in [-0.2, 0) is 9.59 Å². The summed E-state index contributed by atoms with van der Waals surface area (Å²) in [6.45, 7) is 0. The number of benzene rings is 1. The van der Waals surface area contributed by atoms with E-state index < -0.39 is 11.6 Å². The van der Waals surface area contributed by atoms with E-state index >= 15 is 0 Å². The predicted octanol–water partition coefficient (Wildman–Crippen LogP) is 3.00. The van der Waals surface area contributed by atoms with E-state index in [1.807, 2.05) is 0 Å². The van der Waals surface area contributed by atoms with Crippen LogP contribution in [0.15, 0.2) is 35.1 Å². The molecule has 5 heteroatoms. The average Bonchev–Trinajstić information content (AvgIpc) is 2.59. The molecule has 0 saturated carbocycles. The molecule has 5 nitrogen and oxygen atoms in total. The summed E-state index contributed by atoms with van der Waals surface area (Å²) in [4.78, 5) is 24.8. The maximum Gasteiger partial charge on any atom is 0.237 e. The number of carbonyl (C=O) groups is 2. The first-order valence-electron chi connectivity index (χ1n) is 7.55. The summed E-state index contributed by atoms with van der Waals surface area (Å²) in [6.07, 6.45) is 2.96. The molecule has 0 radical (unpaired) electrons. The molecule has 0 saturated heterocycles. The summed E-state index contributed by atoms with van der Waals surface area (Å²) < 4.78 is 10.4. The standard InChI is InChI=1S/C18H18O5/c1-22-13-8-7-10(9-14(13)23-2)15-16(19)11-5-3-4-6-12(11)17(20)18(15)21/h7-9,19H,3-6H2,1-2H3. The molecule has 0 bridgehead atoms. The van der Waals surface area contributed by atoms with Gasteiger partial charge < -0.3 is 14.6 Å². The molecule has 1 aromatic carbocycles. The Morgan fingerprint density at radius 2 is 1.57 bits per heavy atom. The SMILES string of the molecule is COc1ccc(C2=C(O)C3=C(CCCC3)C(=O)C2=O)cc1OC. The Balaban J connectivity index is 2.16. The third-order valence-electron chi connectivity index (χ3n) is 4.37. The van der Waals surface area contributed by atoms with Crippen molar-refractivity contribution in [1.29, 1.82) is 0 Å². The van der Waals surface area contributed by atoms with Crippen LogP contribution < -0.4 is 9.47 Å². The number of hydrogen-bond donors (Lipinski definition) is 1. The Morgan fingerprint density at radius 1 is 0.913 bits per heavy atom. The smallest absolute Gasteiger partial charge is 0.237 e. The molecule has 1 N–H and O–H groups in total. The third-order valence-corrected chi connectivity index (χ3v) is 4.37. The van der Waals surface area contributed by atoms with E-state index in [2.05, 4.69) is 0 Å². The maximum absolute atomic E-state index is 12.5. The highest BCUT2D eigenvalue weighted by molar-refractivity contribution is 6.59. The molecule has 1 aromatic rings. The van der Waals surface area contributed by atoms with Crippen molar-refractivity contribution in [2.75, 3.05) is 14.2 Å². The second-order valence-corrected chi connectivity index (χ2v) is 5.62. The minimum atomic E-state index is -0.657. The second-order valence-electron chi connectivity index (χ2n) is 5.62. The number of rotatable bonds is 3. The molecule has 120 valence electrons. The lowest BCUT2D eigenvalue weighted by molar-refractivity contribution is -0.131. The monoisotopic (exact) mass is 314 g/mol. The minimum absolute atomic E-state index is 0.0524. The van der Waals surface area contributed by atoms with Gasteiger partial charge in [0, 0.05) is 11.1 Å². The van der Waals surface area contributed by atoms with Gasteiger partial charge >= 0.3 is 0 Å². The normalized spacial score (nSPS) is 18.2. The molecule has 0 unspecified atom stereocenters. The summed E-state index contributed by atoms with van der Waals surface area (Å²) in [7, 11) is 3.01. The lowest BCUT2D eigenvalue weighted by atomic mass is 9.79. The Bertz CT molecular complexity index is 755. The second kappa shape index (κ2) is 5.91. The third kappa shape index (κ3) is 2.42. The Morgan fingerprint density at radius 3 is 2.22 bits per heavy atom. The molecular weight excluding hydrogens is 296 g/mol. The number of carbonyl (C=O) groups excluding carboxylic acids is 2. The summed E-state index contributed by atoms with van der Waals surface area (Å²) in [5.41, 5.74) is 1.60. The maximum atomic E-state index is 12.5.